The van der Waals surface area contributed by atoms with Gasteiger partial charge in [0.2, 0.25) is 5.91 Å². The number of fused-ring (bicyclic) bond motifs is 1. The molecule has 1 aromatic heterocycles. The van der Waals surface area contributed by atoms with E-state index >= 15 is 0 Å². The van der Waals surface area contributed by atoms with Crippen LogP contribution < -0.4 is 10.6 Å². The molecule has 2 heterocycles. The number of halogens is 1. The van der Waals surface area contributed by atoms with E-state index in [1.165, 1.54) is 5.56 Å². The van der Waals surface area contributed by atoms with E-state index in [9.17, 15) is 4.79 Å². The molecule has 19 heavy (non-hydrogen) atoms. The van der Waals surface area contributed by atoms with Crippen LogP contribution in [0.25, 0.3) is 0 Å². The highest BCUT2D eigenvalue weighted by Crippen LogP contribution is 2.25. The number of rotatable bonds is 2. The van der Waals surface area contributed by atoms with E-state index in [1.54, 1.807) is 12.3 Å². The van der Waals surface area contributed by atoms with Crippen molar-refractivity contribution in [2.75, 3.05) is 10.6 Å². The lowest BCUT2D eigenvalue weighted by molar-refractivity contribution is -0.116. The van der Waals surface area contributed by atoms with Crippen molar-refractivity contribution in [2.45, 2.75) is 12.5 Å². The van der Waals surface area contributed by atoms with E-state index in [4.69, 9.17) is 0 Å². The third-order valence-corrected chi connectivity index (χ3v) is 3.54. The van der Waals surface area contributed by atoms with E-state index in [2.05, 4.69) is 31.5 Å². The first-order valence-corrected chi connectivity index (χ1v) is 6.78. The van der Waals surface area contributed by atoms with Gasteiger partial charge in [-0.3, -0.25) is 4.79 Å². The molecule has 1 unspecified atom stereocenters. The summed E-state index contributed by atoms with van der Waals surface area (Å²) in [5.41, 5.74) is 2.21. The highest BCUT2D eigenvalue weighted by atomic mass is 79.9. The van der Waals surface area contributed by atoms with Crippen LogP contribution in [0.15, 0.2) is 47.1 Å². The minimum atomic E-state index is -0.233. The van der Waals surface area contributed by atoms with Crippen molar-refractivity contribution in [3.63, 3.8) is 0 Å². The summed E-state index contributed by atoms with van der Waals surface area (Å²) in [7, 11) is 0. The summed E-state index contributed by atoms with van der Waals surface area (Å²) in [5.74, 6) is 0.497. The van der Waals surface area contributed by atoms with Crippen LogP contribution in [0.5, 0.6) is 0 Å². The Kier molecular flexibility index (Phi) is 3.21. The summed E-state index contributed by atoms with van der Waals surface area (Å²) < 4.78 is 0.886. The molecule has 0 spiro atoms. The van der Waals surface area contributed by atoms with Gasteiger partial charge in [0.25, 0.3) is 0 Å². The van der Waals surface area contributed by atoms with Crippen LogP contribution in [-0.2, 0) is 11.2 Å². The van der Waals surface area contributed by atoms with Crippen molar-refractivity contribution in [3.8, 4) is 0 Å². The molecule has 0 saturated carbocycles. The van der Waals surface area contributed by atoms with Crippen molar-refractivity contribution in [1.82, 2.24) is 4.98 Å². The minimum Gasteiger partial charge on any atom is -0.373 e. The summed E-state index contributed by atoms with van der Waals surface area (Å²) >= 11 is 3.31. The van der Waals surface area contributed by atoms with Crippen molar-refractivity contribution >= 4 is 33.3 Å². The van der Waals surface area contributed by atoms with Gasteiger partial charge in [0, 0.05) is 22.8 Å². The van der Waals surface area contributed by atoms with Crippen LogP contribution in [0.2, 0.25) is 0 Å². The third kappa shape index (κ3) is 2.61. The van der Waals surface area contributed by atoms with Crippen molar-refractivity contribution in [1.29, 1.82) is 0 Å². The second kappa shape index (κ2) is 5.01. The highest BCUT2D eigenvalue weighted by Gasteiger charge is 2.26. The number of aromatic nitrogens is 1. The Labute approximate surface area is 119 Å². The number of carbonyl (C=O) groups is 1. The SMILES string of the molecule is O=C(Nc1ccc(Br)cn1)C1Cc2ccccc2N1. The second-order valence-electron chi connectivity index (χ2n) is 4.41. The molecular weight excluding hydrogens is 306 g/mol. The first kappa shape index (κ1) is 12.2. The van der Waals surface area contributed by atoms with Crippen molar-refractivity contribution in [3.05, 3.63) is 52.6 Å². The van der Waals surface area contributed by atoms with E-state index < -0.39 is 0 Å². The summed E-state index contributed by atoms with van der Waals surface area (Å²) in [6.45, 7) is 0. The average molecular weight is 318 g/mol. The van der Waals surface area contributed by atoms with Gasteiger partial charge in [-0.1, -0.05) is 18.2 Å². The lowest BCUT2D eigenvalue weighted by atomic mass is 10.1. The number of pyridine rings is 1. The number of carbonyl (C=O) groups excluding carboxylic acids is 1. The first-order chi connectivity index (χ1) is 9.22. The summed E-state index contributed by atoms with van der Waals surface area (Å²) in [6.07, 6.45) is 2.37. The zero-order valence-corrected chi connectivity index (χ0v) is 11.6. The lowest BCUT2D eigenvalue weighted by Gasteiger charge is -2.11. The van der Waals surface area contributed by atoms with E-state index in [1.807, 2.05) is 30.3 Å². The summed E-state index contributed by atoms with van der Waals surface area (Å²) in [6, 6.07) is 11.3. The molecule has 1 atom stereocenters. The Hall–Kier alpha value is -1.88. The van der Waals surface area contributed by atoms with E-state index in [0.717, 1.165) is 10.2 Å². The predicted molar refractivity (Wildman–Crippen MR) is 78.1 cm³/mol. The Morgan fingerprint density at radius 1 is 1.32 bits per heavy atom. The Morgan fingerprint density at radius 3 is 2.89 bits per heavy atom. The number of hydrogen-bond acceptors (Lipinski definition) is 3. The molecule has 1 amide bonds. The molecule has 1 aliphatic rings. The van der Waals surface area contributed by atoms with Gasteiger partial charge in [0.05, 0.1) is 0 Å². The van der Waals surface area contributed by atoms with Crippen LogP contribution in [-0.4, -0.2) is 16.9 Å². The van der Waals surface area contributed by atoms with Gasteiger partial charge in [0.15, 0.2) is 0 Å². The Balaban J connectivity index is 1.68. The monoisotopic (exact) mass is 317 g/mol. The molecule has 1 aliphatic heterocycles. The molecule has 1 aromatic carbocycles. The minimum absolute atomic E-state index is 0.0639. The molecule has 0 radical (unpaired) electrons. The first-order valence-electron chi connectivity index (χ1n) is 5.99. The number of para-hydroxylation sites is 1. The molecule has 3 rings (SSSR count). The fraction of sp³-hybridized carbons (Fsp3) is 0.143. The molecule has 2 N–H and O–H groups in total. The molecule has 0 bridgehead atoms. The number of benzene rings is 1. The number of nitrogens with zero attached hydrogens (tertiary/aromatic N) is 1. The van der Waals surface area contributed by atoms with Crippen molar-refractivity contribution in [2.24, 2.45) is 0 Å². The maximum atomic E-state index is 12.1. The topological polar surface area (TPSA) is 54.0 Å². The van der Waals surface area contributed by atoms with Crippen LogP contribution >= 0.6 is 15.9 Å². The van der Waals surface area contributed by atoms with Gasteiger partial charge >= 0.3 is 0 Å². The Morgan fingerprint density at radius 2 is 2.16 bits per heavy atom. The quantitative estimate of drug-likeness (QED) is 0.895. The van der Waals surface area contributed by atoms with Gasteiger partial charge in [-0.2, -0.15) is 0 Å². The molecule has 2 aromatic rings. The van der Waals surface area contributed by atoms with Crippen LogP contribution in [0.1, 0.15) is 5.56 Å². The fourth-order valence-electron chi connectivity index (χ4n) is 2.12. The van der Waals surface area contributed by atoms with E-state index in [0.29, 0.717) is 12.2 Å². The lowest BCUT2D eigenvalue weighted by Crippen LogP contribution is -2.33. The third-order valence-electron chi connectivity index (χ3n) is 3.07. The maximum absolute atomic E-state index is 12.1. The maximum Gasteiger partial charge on any atom is 0.248 e. The average Bonchev–Trinajstić information content (AvgIpc) is 2.85. The largest absolute Gasteiger partial charge is 0.373 e. The predicted octanol–water partition coefficient (Wildman–Crippen LogP) is 2.82. The second-order valence-corrected chi connectivity index (χ2v) is 5.32. The molecule has 4 nitrogen and oxygen atoms in total. The number of anilines is 2. The van der Waals surface area contributed by atoms with Crippen LogP contribution in [0.4, 0.5) is 11.5 Å². The van der Waals surface area contributed by atoms with Crippen molar-refractivity contribution < 1.29 is 4.79 Å². The smallest absolute Gasteiger partial charge is 0.248 e. The number of hydrogen-bond donors (Lipinski definition) is 2. The fourth-order valence-corrected chi connectivity index (χ4v) is 2.35. The van der Waals surface area contributed by atoms with Gasteiger partial charge in [0.1, 0.15) is 11.9 Å². The number of nitrogens with one attached hydrogen (secondary N) is 2. The highest BCUT2D eigenvalue weighted by molar-refractivity contribution is 9.10. The van der Waals surface area contributed by atoms with Gasteiger partial charge in [-0.05, 0) is 39.7 Å². The normalized spacial score (nSPS) is 16.6. The Bertz CT molecular complexity index is 587. The van der Waals surface area contributed by atoms with E-state index in [-0.39, 0.29) is 11.9 Å². The summed E-state index contributed by atoms with van der Waals surface area (Å²) in [5, 5.41) is 6.03. The van der Waals surface area contributed by atoms with Crippen LogP contribution in [0.3, 0.4) is 0 Å². The molecule has 5 heteroatoms. The molecule has 0 aliphatic carbocycles. The number of amides is 1. The van der Waals surface area contributed by atoms with Gasteiger partial charge in [-0.25, -0.2) is 4.98 Å². The van der Waals surface area contributed by atoms with Gasteiger partial charge < -0.3 is 10.6 Å². The molecule has 0 saturated heterocycles. The summed E-state index contributed by atoms with van der Waals surface area (Å²) in [4.78, 5) is 16.3. The molecule has 0 fully saturated rings. The standard InChI is InChI=1S/C14H12BrN3O/c15-10-5-6-13(16-8-10)18-14(19)12-7-9-3-1-2-4-11(9)17-12/h1-6,8,12,17H,7H2,(H,16,18,19). The van der Waals surface area contributed by atoms with Gasteiger partial charge in [-0.15, -0.1) is 0 Å². The zero-order chi connectivity index (χ0) is 13.2. The van der Waals surface area contributed by atoms with Crippen LogP contribution in [0, 0.1) is 0 Å². The molecular formula is C14H12BrN3O. The molecule has 96 valence electrons. The zero-order valence-electron chi connectivity index (χ0n) is 10.1.